The molecule has 0 unspecified atom stereocenters. The van der Waals surface area contributed by atoms with E-state index in [1.807, 2.05) is 12.1 Å². The van der Waals surface area contributed by atoms with E-state index in [0.717, 1.165) is 19.3 Å². The minimum absolute atomic E-state index is 0.198. The minimum Gasteiger partial charge on any atom is -0.496 e. The lowest BCUT2D eigenvalue weighted by Gasteiger charge is -2.14. The van der Waals surface area contributed by atoms with E-state index in [2.05, 4.69) is 0 Å². The first-order valence-electron chi connectivity index (χ1n) is 8.20. The number of ether oxygens (including phenoxy) is 2. The lowest BCUT2D eigenvalue weighted by atomic mass is 10.0. The molecule has 2 aromatic carbocycles. The van der Waals surface area contributed by atoms with E-state index in [0.29, 0.717) is 16.3 Å². The summed E-state index contributed by atoms with van der Waals surface area (Å²) in [4.78, 5) is 25.0. The molecule has 0 spiro atoms. The van der Waals surface area contributed by atoms with Gasteiger partial charge in [-0.05, 0) is 61.6 Å². The Morgan fingerprint density at radius 1 is 1.08 bits per heavy atom. The Morgan fingerprint density at radius 2 is 1.84 bits per heavy atom. The van der Waals surface area contributed by atoms with Gasteiger partial charge in [0.05, 0.1) is 7.11 Å². The molecule has 0 N–H and O–H groups in total. The van der Waals surface area contributed by atoms with Crippen molar-refractivity contribution in [2.45, 2.75) is 32.3 Å². The van der Waals surface area contributed by atoms with Crippen molar-refractivity contribution in [3.63, 3.8) is 0 Å². The normalized spacial score (nSPS) is 13.9. The first-order valence-corrected chi connectivity index (χ1v) is 8.58. The molecule has 130 valence electrons. The average molecular weight is 359 g/mol. The number of ketones is 1. The Kier molecular flexibility index (Phi) is 5.09. The zero-order valence-corrected chi connectivity index (χ0v) is 14.9. The Morgan fingerprint density at radius 3 is 2.60 bits per heavy atom. The van der Waals surface area contributed by atoms with Crippen LogP contribution in [0.15, 0.2) is 36.4 Å². The summed E-state index contributed by atoms with van der Waals surface area (Å²) < 4.78 is 10.5. The molecule has 25 heavy (non-hydrogen) atoms. The Bertz CT molecular complexity index is 828. The van der Waals surface area contributed by atoms with Gasteiger partial charge in [-0.25, -0.2) is 4.79 Å². The number of fused-ring (bicyclic) bond motifs is 1. The van der Waals surface area contributed by atoms with Gasteiger partial charge in [0.1, 0.15) is 11.3 Å². The Labute approximate surface area is 151 Å². The number of hydrogen-bond donors (Lipinski definition) is 0. The molecule has 0 aromatic heterocycles. The van der Waals surface area contributed by atoms with Crippen LogP contribution < -0.4 is 4.74 Å². The summed E-state index contributed by atoms with van der Waals surface area (Å²) in [6.07, 6.45) is 2.27. The standard InChI is InChI=1S/C20H19ClO4/c1-12(19(22)15-7-6-13-4-3-5-14(13)10-15)25-20(23)17-11-16(21)8-9-18(17)24-2/h6-12H,3-5H2,1-2H3/t12-/m0/s1. The molecular formula is C20H19ClO4. The van der Waals surface area contributed by atoms with Crippen molar-refractivity contribution in [1.29, 1.82) is 0 Å². The van der Waals surface area contributed by atoms with Crippen molar-refractivity contribution in [2.75, 3.05) is 7.11 Å². The van der Waals surface area contributed by atoms with Gasteiger partial charge in [-0.2, -0.15) is 0 Å². The maximum Gasteiger partial charge on any atom is 0.342 e. The topological polar surface area (TPSA) is 52.6 Å². The number of carbonyl (C=O) groups is 2. The maximum atomic E-state index is 12.6. The summed E-state index contributed by atoms with van der Waals surface area (Å²) in [5.74, 6) is -0.503. The van der Waals surface area contributed by atoms with Crippen LogP contribution in [0, 0.1) is 0 Å². The number of halogens is 1. The molecule has 0 radical (unpaired) electrons. The third kappa shape index (κ3) is 3.69. The number of methoxy groups -OCH3 is 1. The summed E-state index contributed by atoms with van der Waals surface area (Å²) in [7, 11) is 1.46. The third-order valence-electron chi connectivity index (χ3n) is 4.42. The number of rotatable bonds is 5. The van der Waals surface area contributed by atoms with Crippen molar-refractivity contribution in [1.82, 2.24) is 0 Å². The number of aryl methyl sites for hydroxylation is 2. The molecular weight excluding hydrogens is 340 g/mol. The highest BCUT2D eigenvalue weighted by Gasteiger charge is 2.24. The molecule has 0 saturated heterocycles. The maximum absolute atomic E-state index is 12.6. The van der Waals surface area contributed by atoms with Crippen LogP contribution in [0.4, 0.5) is 0 Å². The zero-order valence-electron chi connectivity index (χ0n) is 14.2. The fourth-order valence-electron chi connectivity index (χ4n) is 3.08. The first kappa shape index (κ1) is 17.5. The average Bonchev–Trinajstić information content (AvgIpc) is 3.08. The third-order valence-corrected chi connectivity index (χ3v) is 4.65. The highest BCUT2D eigenvalue weighted by atomic mass is 35.5. The van der Waals surface area contributed by atoms with Gasteiger partial charge in [0.25, 0.3) is 0 Å². The SMILES string of the molecule is COc1ccc(Cl)cc1C(=O)O[C@@H](C)C(=O)c1ccc2c(c1)CCC2. The van der Waals surface area contributed by atoms with Gasteiger partial charge >= 0.3 is 5.97 Å². The van der Waals surface area contributed by atoms with Crippen LogP contribution in [0.25, 0.3) is 0 Å². The molecule has 1 aliphatic carbocycles. The van der Waals surface area contributed by atoms with E-state index in [1.54, 1.807) is 25.1 Å². The van der Waals surface area contributed by atoms with Crippen molar-refractivity contribution in [3.8, 4) is 5.75 Å². The largest absolute Gasteiger partial charge is 0.496 e. The highest BCUT2D eigenvalue weighted by Crippen LogP contribution is 2.25. The predicted molar refractivity (Wildman–Crippen MR) is 95.7 cm³/mol. The lowest BCUT2D eigenvalue weighted by Crippen LogP contribution is -2.24. The monoisotopic (exact) mass is 358 g/mol. The summed E-state index contributed by atoms with van der Waals surface area (Å²) in [6, 6.07) is 10.4. The number of benzene rings is 2. The predicted octanol–water partition coefficient (Wildman–Crippen LogP) is 4.27. The molecule has 5 heteroatoms. The van der Waals surface area contributed by atoms with Crippen molar-refractivity contribution >= 4 is 23.4 Å². The molecule has 4 nitrogen and oxygen atoms in total. The van der Waals surface area contributed by atoms with Crippen LogP contribution in [-0.4, -0.2) is 25.0 Å². The van der Waals surface area contributed by atoms with Crippen LogP contribution in [0.5, 0.6) is 5.75 Å². The molecule has 0 saturated carbocycles. The second-order valence-corrected chi connectivity index (χ2v) is 6.53. The van der Waals surface area contributed by atoms with Crippen LogP contribution in [0.1, 0.15) is 45.2 Å². The van der Waals surface area contributed by atoms with Crippen molar-refractivity contribution in [2.24, 2.45) is 0 Å². The van der Waals surface area contributed by atoms with E-state index in [-0.39, 0.29) is 11.3 Å². The van der Waals surface area contributed by atoms with E-state index in [1.165, 1.54) is 24.3 Å². The van der Waals surface area contributed by atoms with Gasteiger partial charge in [-0.15, -0.1) is 0 Å². The van der Waals surface area contributed by atoms with Gasteiger partial charge in [0.15, 0.2) is 6.10 Å². The van der Waals surface area contributed by atoms with E-state index in [9.17, 15) is 9.59 Å². The summed E-state index contributed by atoms with van der Waals surface area (Å²) in [5.41, 5.74) is 3.27. The molecule has 2 aromatic rings. The minimum atomic E-state index is -0.893. The number of carbonyl (C=O) groups excluding carboxylic acids is 2. The van der Waals surface area contributed by atoms with Gasteiger partial charge in [-0.3, -0.25) is 4.79 Å². The molecule has 1 atom stereocenters. The number of Topliss-reactive ketones (excluding diaryl/α,β-unsaturated/α-hetero) is 1. The van der Waals surface area contributed by atoms with Gasteiger partial charge in [0.2, 0.25) is 5.78 Å². The molecule has 0 heterocycles. The van der Waals surface area contributed by atoms with Crippen LogP contribution >= 0.6 is 11.6 Å². The molecule has 3 rings (SSSR count). The van der Waals surface area contributed by atoms with Crippen molar-refractivity contribution in [3.05, 3.63) is 63.7 Å². The zero-order chi connectivity index (χ0) is 18.0. The fraction of sp³-hybridized carbons (Fsp3) is 0.300. The number of hydrogen-bond acceptors (Lipinski definition) is 4. The Balaban J connectivity index is 1.75. The molecule has 0 aliphatic heterocycles. The van der Waals surface area contributed by atoms with Crippen LogP contribution in [0.2, 0.25) is 5.02 Å². The number of esters is 1. The first-order chi connectivity index (χ1) is 12.0. The van der Waals surface area contributed by atoms with Crippen molar-refractivity contribution < 1.29 is 19.1 Å². The molecule has 0 amide bonds. The second kappa shape index (κ2) is 7.28. The van der Waals surface area contributed by atoms with Gasteiger partial charge < -0.3 is 9.47 Å². The quantitative estimate of drug-likeness (QED) is 0.591. The van der Waals surface area contributed by atoms with E-state index >= 15 is 0 Å². The Hall–Kier alpha value is -2.33. The lowest BCUT2D eigenvalue weighted by molar-refractivity contribution is 0.0316. The summed E-state index contributed by atoms with van der Waals surface area (Å²) in [5, 5.41) is 0.394. The second-order valence-electron chi connectivity index (χ2n) is 6.09. The summed E-state index contributed by atoms with van der Waals surface area (Å²) >= 11 is 5.94. The molecule has 1 aliphatic rings. The van der Waals surface area contributed by atoms with E-state index < -0.39 is 12.1 Å². The van der Waals surface area contributed by atoms with Crippen LogP contribution in [0.3, 0.4) is 0 Å². The molecule has 0 fully saturated rings. The smallest absolute Gasteiger partial charge is 0.342 e. The fourth-order valence-corrected chi connectivity index (χ4v) is 3.25. The highest BCUT2D eigenvalue weighted by molar-refractivity contribution is 6.31. The van der Waals surface area contributed by atoms with Gasteiger partial charge in [0, 0.05) is 10.6 Å². The van der Waals surface area contributed by atoms with Crippen LogP contribution in [-0.2, 0) is 17.6 Å². The summed E-state index contributed by atoms with van der Waals surface area (Å²) in [6.45, 7) is 1.57. The van der Waals surface area contributed by atoms with E-state index in [4.69, 9.17) is 21.1 Å². The van der Waals surface area contributed by atoms with Gasteiger partial charge in [-0.1, -0.05) is 23.7 Å². The molecule has 0 bridgehead atoms.